The van der Waals surface area contributed by atoms with Gasteiger partial charge in [-0.3, -0.25) is 4.79 Å². The van der Waals surface area contributed by atoms with Crippen LogP contribution >= 0.6 is 0 Å². The smallest absolute Gasteiger partial charge is 0.350 e. The van der Waals surface area contributed by atoms with Gasteiger partial charge in [0.15, 0.2) is 0 Å². The van der Waals surface area contributed by atoms with Gasteiger partial charge in [-0.15, -0.1) is 0 Å². The largest absolute Gasteiger partial charge is 0.416 e. The molecule has 0 saturated carbocycles. The third-order valence-corrected chi connectivity index (χ3v) is 5.08. The van der Waals surface area contributed by atoms with Gasteiger partial charge in [-0.1, -0.05) is 12.1 Å². The second-order valence-corrected chi connectivity index (χ2v) is 6.81. The van der Waals surface area contributed by atoms with Gasteiger partial charge in [0, 0.05) is 37.7 Å². The maximum Gasteiger partial charge on any atom is 0.416 e. The molecule has 1 aliphatic rings. The molecule has 0 spiro atoms. The van der Waals surface area contributed by atoms with Crippen LogP contribution in [0.25, 0.3) is 5.69 Å². The van der Waals surface area contributed by atoms with Crippen molar-refractivity contribution in [3.8, 4) is 5.69 Å². The van der Waals surface area contributed by atoms with E-state index in [-0.39, 0.29) is 12.1 Å². The van der Waals surface area contributed by atoms with Crippen LogP contribution in [0.2, 0.25) is 0 Å². The van der Waals surface area contributed by atoms with Gasteiger partial charge in [-0.05, 0) is 42.5 Å². The molecule has 0 fully saturated rings. The Balaban J connectivity index is 1.67. The molecule has 3 aromatic rings. The van der Waals surface area contributed by atoms with Gasteiger partial charge in [0.2, 0.25) is 0 Å². The van der Waals surface area contributed by atoms with Crippen LogP contribution < -0.4 is 4.90 Å². The van der Waals surface area contributed by atoms with Crippen LogP contribution in [0.5, 0.6) is 0 Å². The van der Waals surface area contributed by atoms with Gasteiger partial charge in [-0.25, -0.2) is 0 Å². The van der Waals surface area contributed by atoms with Gasteiger partial charge in [-0.2, -0.15) is 13.2 Å². The van der Waals surface area contributed by atoms with Crippen molar-refractivity contribution in [2.45, 2.75) is 12.3 Å². The third-order valence-electron chi connectivity index (χ3n) is 5.08. The van der Waals surface area contributed by atoms with E-state index in [2.05, 4.69) is 0 Å². The number of para-hydroxylation sites is 1. The van der Waals surface area contributed by atoms with Gasteiger partial charge < -0.3 is 14.4 Å². The van der Waals surface area contributed by atoms with Crippen LogP contribution in [0.15, 0.2) is 67.0 Å². The van der Waals surface area contributed by atoms with E-state index in [9.17, 15) is 18.0 Å². The Hall–Kier alpha value is -3.22. The number of carbonyl (C=O) groups is 1. The zero-order valence-corrected chi connectivity index (χ0v) is 15.3. The predicted octanol–water partition coefficient (Wildman–Crippen LogP) is 4.72. The minimum atomic E-state index is -4.36. The Morgan fingerprint density at radius 2 is 1.57 bits per heavy atom. The van der Waals surface area contributed by atoms with Crippen LogP contribution in [-0.2, 0) is 6.18 Å². The zero-order chi connectivity index (χ0) is 20.1. The van der Waals surface area contributed by atoms with Gasteiger partial charge in [0.1, 0.15) is 6.17 Å². The topological polar surface area (TPSA) is 28.5 Å². The van der Waals surface area contributed by atoms with Crippen LogP contribution in [0.4, 0.5) is 18.9 Å². The number of amides is 1. The molecule has 0 N–H and O–H groups in total. The van der Waals surface area contributed by atoms with Gasteiger partial charge in [0.05, 0.1) is 16.8 Å². The molecule has 1 amide bonds. The third kappa shape index (κ3) is 2.93. The quantitative estimate of drug-likeness (QED) is 0.639. The number of hydrogen-bond acceptors (Lipinski definition) is 2. The summed E-state index contributed by atoms with van der Waals surface area (Å²) in [5.41, 5.74) is 2.29. The molecule has 2 aromatic carbocycles. The number of fused-ring (bicyclic) bond motifs is 1. The number of aromatic nitrogens is 1. The van der Waals surface area contributed by atoms with E-state index in [4.69, 9.17) is 0 Å². The second kappa shape index (κ2) is 6.44. The standard InChI is InChI=1S/C21H18F3N3O/c1-25-18-6-4-3-5-17(18)20(28)26(2)19(25)14-11-12-27(13-14)16-9-7-15(8-10-16)21(22,23)24/h3-13,19H,1-2H3. The van der Waals surface area contributed by atoms with Crippen LogP contribution in [0.1, 0.15) is 27.7 Å². The van der Waals surface area contributed by atoms with Crippen molar-refractivity contribution in [3.05, 3.63) is 83.7 Å². The van der Waals surface area contributed by atoms with E-state index < -0.39 is 11.7 Å². The van der Waals surface area contributed by atoms with Crippen molar-refractivity contribution >= 4 is 11.6 Å². The van der Waals surface area contributed by atoms with Crippen molar-refractivity contribution in [1.29, 1.82) is 0 Å². The summed E-state index contributed by atoms with van der Waals surface area (Å²) < 4.78 is 40.0. The molecule has 0 bridgehead atoms. The molecular formula is C21H18F3N3O. The highest BCUT2D eigenvalue weighted by Crippen LogP contribution is 2.37. The van der Waals surface area contributed by atoms with Crippen LogP contribution in [-0.4, -0.2) is 29.5 Å². The SMILES string of the molecule is CN1C(=O)c2ccccc2N(C)C1c1ccn(-c2ccc(C(F)(F)F)cc2)c1. The first-order chi connectivity index (χ1) is 13.3. The molecule has 0 radical (unpaired) electrons. The van der Waals surface area contributed by atoms with Crippen molar-refractivity contribution < 1.29 is 18.0 Å². The van der Waals surface area contributed by atoms with Crippen LogP contribution in [0.3, 0.4) is 0 Å². The van der Waals surface area contributed by atoms with E-state index in [0.717, 1.165) is 23.4 Å². The molecule has 0 aliphatic carbocycles. The first kappa shape index (κ1) is 18.2. The Bertz CT molecular complexity index is 1020. The maximum atomic E-state index is 12.8. The second-order valence-electron chi connectivity index (χ2n) is 6.81. The minimum Gasteiger partial charge on any atom is -0.350 e. The number of anilines is 1. The zero-order valence-electron chi connectivity index (χ0n) is 15.3. The summed E-state index contributed by atoms with van der Waals surface area (Å²) in [5.74, 6) is -0.0685. The minimum absolute atomic E-state index is 0.0685. The fourth-order valence-electron chi connectivity index (χ4n) is 3.65. The summed E-state index contributed by atoms with van der Waals surface area (Å²) in [6, 6.07) is 14.3. The number of rotatable bonds is 2. The number of halogens is 3. The van der Waals surface area contributed by atoms with Crippen molar-refractivity contribution in [1.82, 2.24) is 9.47 Å². The van der Waals surface area contributed by atoms with Gasteiger partial charge >= 0.3 is 6.18 Å². The first-order valence-electron chi connectivity index (χ1n) is 8.72. The lowest BCUT2D eigenvalue weighted by Gasteiger charge is -2.41. The molecule has 1 unspecified atom stereocenters. The van der Waals surface area contributed by atoms with Crippen molar-refractivity contribution in [2.24, 2.45) is 0 Å². The van der Waals surface area contributed by atoms with Crippen molar-refractivity contribution in [2.75, 3.05) is 19.0 Å². The summed E-state index contributed by atoms with van der Waals surface area (Å²) in [6.45, 7) is 0. The number of alkyl halides is 3. The molecule has 7 heteroatoms. The summed E-state index contributed by atoms with van der Waals surface area (Å²) in [4.78, 5) is 16.4. The molecule has 4 nitrogen and oxygen atoms in total. The maximum absolute atomic E-state index is 12.8. The Kier molecular flexibility index (Phi) is 4.18. The lowest BCUT2D eigenvalue weighted by atomic mass is 10.0. The number of carbonyl (C=O) groups excluding carboxylic acids is 1. The highest BCUT2D eigenvalue weighted by molar-refractivity contribution is 6.01. The molecule has 28 heavy (non-hydrogen) atoms. The molecule has 0 saturated heterocycles. The number of hydrogen-bond donors (Lipinski definition) is 0. The number of benzene rings is 2. The molecule has 2 heterocycles. The first-order valence-corrected chi connectivity index (χ1v) is 8.72. The highest BCUT2D eigenvalue weighted by Gasteiger charge is 2.34. The summed E-state index contributed by atoms with van der Waals surface area (Å²) in [6.07, 6.45) is -1.05. The Morgan fingerprint density at radius 1 is 0.893 bits per heavy atom. The normalized spacial score (nSPS) is 17.0. The lowest BCUT2D eigenvalue weighted by molar-refractivity contribution is -0.137. The Morgan fingerprint density at radius 3 is 2.25 bits per heavy atom. The average Bonchev–Trinajstić information content (AvgIpc) is 3.15. The molecule has 1 atom stereocenters. The molecule has 4 rings (SSSR count). The van der Waals surface area contributed by atoms with Gasteiger partial charge in [0.25, 0.3) is 5.91 Å². The fraction of sp³-hybridized carbons (Fsp3) is 0.190. The van der Waals surface area contributed by atoms with Crippen LogP contribution in [0, 0.1) is 0 Å². The van der Waals surface area contributed by atoms with Crippen molar-refractivity contribution in [3.63, 3.8) is 0 Å². The average molecular weight is 385 g/mol. The lowest BCUT2D eigenvalue weighted by Crippen LogP contribution is -2.45. The molecule has 1 aliphatic heterocycles. The number of nitrogens with zero attached hydrogens (tertiary/aromatic N) is 3. The predicted molar refractivity (Wildman–Crippen MR) is 100 cm³/mol. The van der Waals surface area contributed by atoms with E-state index in [1.165, 1.54) is 12.1 Å². The van der Waals surface area contributed by atoms with E-state index in [1.807, 2.05) is 42.4 Å². The van der Waals surface area contributed by atoms with E-state index in [1.54, 1.807) is 28.8 Å². The summed E-state index contributed by atoms with van der Waals surface area (Å²) >= 11 is 0. The molecular weight excluding hydrogens is 367 g/mol. The van der Waals surface area contributed by atoms with E-state index >= 15 is 0 Å². The summed E-state index contributed by atoms with van der Waals surface area (Å²) in [7, 11) is 3.66. The highest BCUT2D eigenvalue weighted by atomic mass is 19.4. The Labute approximate surface area is 160 Å². The molecule has 1 aromatic heterocycles. The summed E-state index contributed by atoms with van der Waals surface area (Å²) in [5, 5.41) is 0. The monoisotopic (exact) mass is 385 g/mol. The molecule has 144 valence electrons. The fourth-order valence-corrected chi connectivity index (χ4v) is 3.65. The van der Waals surface area contributed by atoms with E-state index in [0.29, 0.717) is 11.3 Å².